The van der Waals surface area contributed by atoms with Gasteiger partial charge in [0.15, 0.2) is 0 Å². The molecule has 42 heavy (non-hydrogen) atoms. The molecule has 5 rings (SSSR count). The summed E-state index contributed by atoms with van der Waals surface area (Å²) in [7, 11) is 0. The Morgan fingerprint density at radius 1 is 0.857 bits per heavy atom. The number of benzene rings is 3. The van der Waals surface area contributed by atoms with E-state index in [2.05, 4.69) is 44.0 Å². The number of nitrogens with two attached hydrogens (primary N) is 1. The monoisotopic (exact) mass is 567 g/mol. The first-order valence-electron chi connectivity index (χ1n) is 14.2. The molecule has 1 atom stereocenters. The van der Waals surface area contributed by atoms with Gasteiger partial charge in [0.1, 0.15) is 17.3 Å². The van der Waals surface area contributed by atoms with Crippen LogP contribution in [0.15, 0.2) is 91.0 Å². The summed E-state index contributed by atoms with van der Waals surface area (Å²) >= 11 is 0. The fraction of sp³-hybridized carbons (Fsp3) is 0.303. The van der Waals surface area contributed by atoms with Gasteiger partial charge in [0.05, 0.1) is 6.61 Å². The van der Waals surface area contributed by atoms with E-state index in [0.29, 0.717) is 23.8 Å². The van der Waals surface area contributed by atoms with Crippen molar-refractivity contribution in [2.24, 2.45) is 0 Å². The highest BCUT2D eigenvalue weighted by Gasteiger charge is 2.37. The van der Waals surface area contributed by atoms with Gasteiger partial charge in [0.2, 0.25) is 17.4 Å². The Balaban J connectivity index is 1.22. The molecule has 9 nitrogen and oxygen atoms in total. The van der Waals surface area contributed by atoms with Gasteiger partial charge in [0, 0.05) is 45.2 Å². The maximum Gasteiger partial charge on any atom is 0.350 e. The molecule has 218 valence electrons. The maximum absolute atomic E-state index is 12.9. The predicted octanol–water partition coefficient (Wildman–Crippen LogP) is 5.12. The van der Waals surface area contributed by atoms with E-state index >= 15 is 0 Å². The van der Waals surface area contributed by atoms with Crippen LogP contribution in [-0.2, 0) is 22.5 Å². The van der Waals surface area contributed by atoms with Gasteiger partial charge < -0.3 is 24.8 Å². The van der Waals surface area contributed by atoms with Crippen LogP contribution in [0.3, 0.4) is 0 Å². The van der Waals surface area contributed by atoms with Crippen LogP contribution in [0.25, 0.3) is 0 Å². The molecule has 1 aromatic heterocycles. The molecule has 1 fully saturated rings. The van der Waals surface area contributed by atoms with Crippen LogP contribution < -0.4 is 20.1 Å². The SMILES string of the molecule is CCOC(=O)C(C)(Cc1ccc(Oc2cc(N3CCN(Cc4ccccc4)CC3)nc(N)n2)cc1)Oc1ccccc1. The van der Waals surface area contributed by atoms with Crippen molar-refractivity contribution >= 4 is 17.7 Å². The Bertz CT molecular complexity index is 1440. The van der Waals surface area contributed by atoms with Crippen LogP contribution in [0.5, 0.6) is 17.4 Å². The summed E-state index contributed by atoms with van der Waals surface area (Å²) in [6, 6.07) is 29.1. The standard InChI is InChI=1S/C33H37N5O4/c1-3-40-31(39)33(2,42-28-12-8-5-9-13-28)23-25-14-16-27(17-15-25)41-30-22-29(35-32(34)36-30)38-20-18-37(19-21-38)24-26-10-6-4-7-11-26/h4-17,22H,3,18-21,23-24H2,1-2H3,(H2,34,35,36). The molecule has 9 heteroatoms. The lowest BCUT2D eigenvalue weighted by atomic mass is 9.96. The second kappa shape index (κ2) is 13.4. The molecule has 1 aliphatic rings. The third kappa shape index (κ3) is 7.55. The molecule has 1 saturated heterocycles. The number of anilines is 2. The van der Waals surface area contributed by atoms with Crippen molar-refractivity contribution in [2.45, 2.75) is 32.4 Å². The van der Waals surface area contributed by atoms with E-state index in [-0.39, 0.29) is 12.6 Å². The lowest BCUT2D eigenvalue weighted by Gasteiger charge is -2.35. The number of para-hydroxylation sites is 1. The number of rotatable bonds is 11. The van der Waals surface area contributed by atoms with Crippen molar-refractivity contribution in [3.63, 3.8) is 0 Å². The minimum atomic E-state index is -1.19. The van der Waals surface area contributed by atoms with Crippen LogP contribution in [0, 0.1) is 0 Å². The molecule has 0 spiro atoms. The van der Waals surface area contributed by atoms with E-state index in [1.54, 1.807) is 13.8 Å². The Kier molecular flexibility index (Phi) is 9.18. The largest absolute Gasteiger partial charge is 0.476 e. The number of nitrogens with zero attached hydrogens (tertiary/aromatic N) is 4. The smallest absolute Gasteiger partial charge is 0.350 e. The summed E-state index contributed by atoms with van der Waals surface area (Å²) in [6.07, 6.45) is 0.321. The van der Waals surface area contributed by atoms with E-state index < -0.39 is 11.6 Å². The highest BCUT2D eigenvalue weighted by Crippen LogP contribution is 2.28. The lowest BCUT2D eigenvalue weighted by molar-refractivity contribution is -0.160. The first-order valence-corrected chi connectivity index (χ1v) is 14.2. The molecule has 1 aliphatic heterocycles. The van der Waals surface area contributed by atoms with Crippen LogP contribution >= 0.6 is 0 Å². The third-order valence-electron chi connectivity index (χ3n) is 7.13. The topological polar surface area (TPSA) is 103 Å². The van der Waals surface area contributed by atoms with E-state index in [1.165, 1.54) is 5.56 Å². The summed E-state index contributed by atoms with van der Waals surface area (Å²) < 4.78 is 17.5. The first kappa shape index (κ1) is 28.9. The molecule has 2 heterocycles. The van der Waals surface area contributed by atoms with Crippen molar-refractivity contribution in [1.82, 2.24) is 14.9 Å². The van der Waals surface area contributed by atoms with E-state index in [9.17, 15) is 4.79 Å². The fourth-order valence-electron chi connectivity index (χ4n) is 4.99. The van der Waals surface area contributed by atoms with Gasteiger partial charge in [-0.1, -0.05) is 60.7 Å². The van der Waals surface area contributed by atoms with E-state index in [0.717, 1.165) is 44.1 Å². The summed E-state index contributed by atoms with van der Waals surface area (Å²) in [5, 5.41) is 0. The second-order valence-electron chi connectivity index (χ2n) is 10.5. The maximum atomic E-state index is 12.9. The lowest BCUT2D eigenvalue weighted by Crippen LogP contribution is -2.46. The molecular weight excluding hydrogens is 530 g/mol. The molecule has 0 bridgehead atoms. The van der Waals surface area contributed by atoms with E-state index in [1.807, 2.05) is 66.7 Å². The fourth-order valence-corrected chi connectivity index (χ4v) is 4.99. The van der Waals surface area contributed by atoms with Crippen molar-refractivity contribution in [2.75, 3.05) is 43.4 Å². The van der Waals surface area contributed by atoms with Gasteiger partial charge in [-0.05, 0) is 49.2 Å². The molecule has 1 unspecified atom stereocenters. The average Bonchev–Trinajstić information content (AvgIpc) is 2.99. The van der Waals surface area contributed by atoms with Gasteiger partial charge in [-0.3, -0.25) is 4.90 Å². The number of esters is 1. The van der Waals surface area contributed by atoms with Gasteiger partial charge in [-0.25, -0.2) is 4.79 Å². The summed E-state index contributed by atoms with van der Waals surface area (Å²) in [5.41, 5.74) is 7.08. The zero-order valence-corrected chi connectivity index (χ0v) is 24.1. The molecule has 0 amide bonds. The summed E-state index contributed by atoms with van der Waals surface area (Å²) in [6.45, 7) is 8.25. The minimum Gasteiger partial charge on any atom is -0.476 e. The number of piperazine rings is 1. The number of hydrogen-bond donors (Lipinski definition) is 1. The minimum absolute atomic E-state index is 0.161. The number of carbonyl (C=O) groups is 1. The molecule has 3 aromatic carbocycles. The van der Waals surface area contributed by atoms with Crippen LogP contribution in [0.2, 0.25) is 0 Å². The average molecular weight is 568 g/mol. The highest BCUT2D eigenvalue weighted by molar-refractivity contribution is 5.80. The molecule has 0 aliphatic carbocycles. The number of aromatic nitrogens is 2. The zero-order chi connectivity index (χ0) is 29.4. The van der Waals surface area contributed by atoms with Gasteiger partial charge in [0.25, 0.3) is 0 Å². The van der Waals surface area contributed by atoms with Crippen LogP contribution in [0.4, 0.5) is 11.8 Å². The molecule has 0 radical (unpaired) electrons. The van der Waals surface area contributed by atoms with Gasteiger partial charge in [-0.15, -0.1) is 0 Å². The van der Waals surface area contributed by atoms with Crippen LogP contribution in [-0.4, -0.2) is 59.2 Å². The molecule has 4 aromatic rings. The molecule has 0 saturated carbocycles. The Labute approximate surface area is 246 Å². The van der Waals surface area contributed by atoms with Crippen molar-refractivity contribution in [3.05, 3.63) is 102 Å². The quantitative estimate of drug-likeness (QED) is 0.248. The number of nitrogen functional groups attached to an aromatic ring is 1. The Morgan fingerprint density at radius 3 is 2.19 bits per heavy atom. The Hall–Kier alpha value is -4.63. The normalized spacial score (nSPS) is 15.0. The van der Waals surface area contributed by atoms with Crippen LogP contribution in [0.1, 0.15) is 25.0 Å². The van der Waals surface area contributed by atoms with Gasteiger partial charge in [-0.2, -0.15) is 9.97 Å². The van der Waals surface area contributed by atoms with Crippen molar-refractivity contribution < 1.29 is 19.0 Å². The van der Waals surface area contributed by atoms with E-state index in [4.69, 9.17) is 19.9 Å². The highest BCUT2D eigenvalue weighted by atomic mass is 16.6. The first-order chi connectivity index (χ1) is 20.4. The Morgan fingerprint density at radius 2 is 1.52 bits per heavy atom. The molecule has 2 N–H and O–H groups in total. The molecular formula is C33H37N5O4. The van der Waals surface area contributed by atoms with Gasteiger partial charge >= 0.3 is 5.97 Å². The number of ether oxygens (including phenoxy) is 3. The van der Waals surface area contributed by atoms with Crippen molar-refractivity contribution in [3.8, 4) is 17.4 Å². The number of hydrogen-bond acceptors (Lipinski definition) is 9. The van der Waals surface area contributed by atoms with Crippen molar-refractivity contribution in [1.29, 1.82) is 0 Å². The summed E-state index contributed by atoms with van der Waals surface area (Å²) in [4.78, 5) is 26.3. The third-order valence-corrected chi connectivity index (χ3v) is 7.13. The second-order valence-corrected chi connectivity index (χ2v) is 10.5. The zero-order valence-electron chi connectivity index (χ0n) is 24.1. The summed E-state index contributed by atoms with van der Waals surface area (Å²) in [5.74, 6) is 2.06. The number of carbonyl (C=O) groups excluding carboxylic acids is 1. The predicted molar refractivity (Wildman–Crippen MR) is 163 cm³/mol.